The fourth-order valence-electron chi connectivity index (χ4n) is 3.58. The lowest BCUT2D eigenvalue weighted by Crippen LogP contribution is -2.48. The molecule has 0 bridgehead atoms. The number of hydrogen-bond donors (Lipinski definition) is 0. The molecule has 1 fully saturated rings. The highest BCUT2D eigenvalue weighted by Crippen LogP contribution is 2.12. The van der Waals surface area contributed by atoms with E-state index in [1.165, 1.54) is 17.0 Å². The second kappa shape index (κ2) is 8.88. The highest BCUT2D eigenvalue weighted by atomic mass is 19.1. The number of morpholine rings is 1. The van der Waals surface area contributed by atoms with Gasteiger partial charge in [-0.1, -0.05) is 35.9 Å². The maximum atomic E-state index is 14.2. The average Bonchev–Trinajstić information content (AvgIpc) is 2.79. The van der Waals surface area contributed by atoms with Crippen molar-refractivity contribution in [2.45, 2.75) is 20.4 Å². The van der Waals surface area contributed by atoms with Crippen LogP contribution in [0.3, 0.4) is 0 Å². The number of ether oxygens (including phenoxy) is 1. The van der Waals surface area contributed by atoms with E-state index in [1.807, 2.05) is 25.1 Å². The summed E-state index contributed by atoms with van der Waals surface area (Å²) in [6.07, 6.45) is 0. The first-order valence-corrected chi connectivity index (χ1v) is 10.3. The Morgan fingerprint density at radius 2 is 1.84 bits per heavy atom. The SMILES string of the molecule is Cc1cccc(Cn2c(=O)c(C(=O)N3CCOCC3)nn(-c3ccc(C)c(F)c3)c2=O)c1. The summed E-state index contributed by atoms with van der Waals surface area (Å²) in [7, 11) is 0. The van der Waals surface area contributed by atoms with Gasteiger partial charge in [-0.15, -0.1) is 0 Å². The largest absolute Gasteiger partial charge is 0.378 e. The molecule has 1 aliphatic rings. The van der Waals surface area contributed by atoms with E-state index < -0.39 is 23.0 Å². The summed E-state index contributed by atoms with van der Waals surface area (Å²) in [5.74, 6) is -1.11. The molecule has 3 aromatic rings. The zero-order chi connectivity index (χ0) is 22.8. The average molecular weight is 438 g/mol. The third-order valence-corrected chi connectivity index (χ3v) is 5.38. The number of carbonyl (C=O) groups is 1. The fraction of sp³-hybridized carbons (Fsp3) is 0.304. The van der Waals surface area contributed by atoms with E-state index in [0.717, 1.165) is 26.4 Å². The molecule has 166 valence electrons. The number of rotatable bonds is 4. The molecule has 4 rings (SSSR count). The lowest BCUT2D eigenvalue weighted by atomic mass is 10.1. The van der Waals surface area contributed by atoms with Gasteiger partial charge in [0.05, 0.1) is 25.4 Å². The van der Waals surface area contributed by atoms with Crippen LogP contribution in [0.2, 0.25) is 0 Å². The summed E-state index contributed by atoms with van der Waals surface area (Å²) in [6.45, 7) is 4.80. The number of amides is 1. The maximum Gasteiger partial charge on any atom is 0.352 e. The van der Waals surface area contributed by atoms with Gasteiger partial charge in [0.2, 0.25) is 5.69 Å². The van der Waals surface area contributed by atoms with Crippen molar-refractivity contribution in [1.29, 1.82) is 0 Å². The number of carbonyl (C=O) groups excluding carboxylic acids is 1. The quantitative estimate of drug-likeness (QED) is 0.619. The van der Waals surface area contributed by atoms with Gasteiger partial charge in [0.25, 0.3) is 11.5 Å². The van der Waals surface area contributed by atoms with Crippen molar-refractivity contribution in [3.8, 4) is 5.69 Å². The highest BCUT2D eigenvalue weighted by Gasteiger charge is 2.26. The first-order valence-electron chi connectivity index (χ1n) is 10.3. The molecule has 0 saturated carbocycles. The van der Waals surface area contributed by atoms with Crippen molar-refractivity contribution in [3.05, 3.63) is 91.5 Å². The molecule has 0 radical (unpaired) electrons. The number of nitrogens with zero attached hydrogens (tertiary/aromatic N) is 4. The predicted molar refractivity (Wildman–Crippen MR) is 116 cm³/mol. The fourth-order valence-corrected chi connectivity index (χ4v) is 3.58. The molecule has 1 amide bonds. The lowest BCUT2D eigenvalue weighted by Gasteiger charge is -2.26. The number of halogens is 1. The molecule has 1 saturated heterocycles. The van der Waals surface area contributed by atoms with Crippen LogP contribution in [0.15, 0.2) is 52.1 Å². The molecule has 0 unspecified atom stereocenters. The van der Waals surface area contributed by atoms with Crippen LogP contribution in [-0.4, -0.2) is 51.5 Å². The smallest absolute Gasteiger partial charge is 0.352 e. The van der Waals surface area contributed by atoms with Crippen molar-refractivity contribution >= 4 is 5.91 Å². The molecule has 0 atom stereocenters. The van der Waals surface area contributed by atoms with Crippen LogP contribution in [0.1, 0.15) is 27.2 Å². The zero-order valence-electron chi connectivity index (χ0n) is 17.9. The Labute approximate surface area is 183 Å². The molecule has 2 aromatic carbocycles. The summed E-state index contributed by atoms with van der Waals surface area (Å²) in [5, 5.41) is 4.08. The number of aryl methyl sites for hydroxylation is 2. The van der Waals surface area contributed by atoms with Crippen LogP contribution in [0.25, 0.3) is 5.69 Å². The minimum absolute atomic E-state index is 0.0421. The molecular formula is C23H23FN4O4. The molecule has 32 heavy (non-hydrogen) atoms. The topological polar surface area (TPSA) is 86.4 Å². The van der Waals surface area contributed by atoms with Crippen LogP contribution >= 0.6 is 0 Å². The Hall–Kier alpha value is -3.59. The Morgan fingerprint density at radius 3 is 2.53 bits per heavy atom. The summed E-state index contributed by atoms with van der Waals surface area (Å²) in [4.78, 5) is 41.0. The lowest BCUT2D eigenvalue weighted by molar-refractivity contribution is 0.0295. The van der Waals surface area contributed by atoms with Crippen molar-refractivity contribution in [2.24, 2.45) is 0 Å². The van der Waals surface area contributed by atoms with E-state index in [0.29, 0.717) is 31.9 Å². The van der Waals surface area contributed by atoms with E-state index >= 15 is 0 Å². The molecule has 1 aliphatic heterocycles. The van der Waals surface area contributed by atoms with E-state index in [4.69, 9.17) is 4.74 Å². The second-order valence-electron chi connectivity index (χ2n) is 7.76. The third kappa shape index (κ3) is 4.24. The zero-order valence-corrected chi connectivity index (χ0v) is 17.9. The number of benzene rings is 2. The van der Waals surface area contributed by atoms with Crippen LogP contribution in [-0.2, 0) is 11.3 Å². The van der Waals surface area contributed by atoms with Gasteiger partial charge < -0.3 is 9.64 Å². The van der Waals surface area contributed by atoms with Gasteiger partial charge in [-0.25, -0.2) is 9.18 Å². The number of hydrogen-bond acceptors (Lipinski definition) is 5. The summed E-state index contributed by atoms with van der Waals surface area (Å²) in [6, 6.07) is 11.6. The van der Waals surface area contributed by atoms with Gasteiger partial charge in [0.15, 0.2) is 0 Å². The summed E-state index contributed by atoms with van der Waals surface area (Å²) in [5.41, 5.74) is 0.304. The Balaban J connectivity index is 1.89. The van der Waals surface area contributed by atoms with Crippen LogP contribution < -0.4 is 11.2 Å². The Bertz CT molecular complexity index is 1290. The van der Waals surface area contributed by atoms with Gasteiger partial charge >= 0.3 is 5.69 Å². The van der Waals surface area contributed by atoms with Gasteiger partial charge in [0, 0.05) is 19.2 Å². The minimum atomic E-state index is -0.781. The van der Waals surface area contributed by atoms with E-state index in [1.54, 1.807) is 13.0 Å². The van der Waals surface area contributed by atoms with E-state index in [9.17, 15) is 18.8 Å². The van der Waals surface area contributed by atoms with Crippen molar-refractivity contribution in [1.82, 2.24) is 19.2 Å². The molecule has 2 heterocycles. The standard InChI is InChI=1S/C23H23FN4O4/c1-15-4-3-5-17(12-15)14-27-22(30)20(21(29)26-8-10-32-11-9-26)25-28(23(27)31)18-7-6-16(2)19(24)13-18/h3-7,12-13H,8-11,14H2,1-2H3. The molecular weight excluding hydrogens is 415 g/mol. The summed E-state index contributed by atoms with van der Waals surface area (Å²) >= 11 is 0. The Kier molecular flexibility index (Phi) is 6.00. The maximum absolute atomic E-state index is 14.2. The van der Waals surface area contributed by atoms with Crippen LogP contribution in [0.5, 0.6) is 0 Å². The normalized spacial score (nSPS) is 13.9. The predicted octanol–water partition coefficient (Wildman–Crippen LogP) is 1.67. The van der Waals surface area contributed by atoms with Gasteiger partial charge in [-0.3, -0.25) is 14.2 Å². The molecule has 0 aliphatic carbocycles. The minimum Gasteiger partial charge on any atom is -0.378 e. The van der Waals surface area contributed by atoms with E-state index in [-0.39, 0.29) is 17.9 Å². The van der Waals surface area contributed by atoms with Gasteiger partial charge in [-0.2, -0.15) is 9.78 Å². The number of aromatic nitrogens is 3. The van der Waals surface area contributed by atoms with Crippen molar-refractivity contribution in [2.75, 3.05) is 26.3 Å². The molecule has 1 aromatic heterocycles. The first-order chi connectivity index (χ1) is 15.3. The third-order valence-electron chi connectivity index (χ3n) is 5.38. The molecule has 0 N–H and O–H groups in total. The highest BCUT2D eigenvalue weighted by molar-refractivity contribution is 5.91. The molecule has 9 heteroatoms. The monoisotopic (exact) mass is 438 g/mol. The van der Waals surface area contributed by atoms with E-state index in [2.05, 4.69) is 5.10 Å². The van der Waals surface area contributed by atoms with Crippen LogP contribution in [0, 0.1) is 19.7 Å². The first kappa shape index (κ1) is 21.6. The van der Waals surface area contributed by atoms with Crippen molar-refractivity contribution in [3.63, 3.8) is 0 Å². The molecule has 8 nitrogen and oxygen atoms in total. The summed E-state index contributed by atoms with van der Waals surface area (Å²) < 4.78 is 21.4. The van der Waals surface area contributed by atoms with Gasteiger partial charge in [0.1, 0.15) is 5.82 Å². The Morgan fingerprint density at radius 1 is 1.09 bits per heavy atom. The van der Waals surface area contributed by atoms with Gasteiger partial charge in [-0.05, 0) is 31.0 Å². The molecule has 0 spiro atoms. The van der Waals surface area contributed by atoms with Crippen LogP contribution in [0.4, 0.5) is 4.39 Å². The van der Waals surface area contributed by atoms with Crippen molar-refractivity contribution < 1.29 is 13.9 Å². The second-order valence-corrected chi connectivity index (χ2v) is 7.76.